The summed E-state index contributed by atoms with van der Waals surface area (Å²) in [5.74, 6) is 0.631. The Balaban J connectivity index is 1.76. The first-order chi connectivity index (χ1) is 10.8. The first-order valence-electron chi connectivity index (χ1n) is 8.12. The second-order valence-electron chi connectivity index (χ2n) is 6.17. The minimum atomic E-state index is 0.631. The van der Waals surface area contributed by atoms with E-state index in [1.54, 1.807) is 0 Å². The lowest BCUT2D eigenvalue weighted by atomic mass is 9.82. The molecule has 1 N–H and O–H groups in total. The molecule has 5 heteroatoms. The van der Waals surface area contributed by atoms with Crippen LogP contribution in [0, 0.1) is 0 Å². The number of nitrogens with zero attached hydrogens (tertiary/aromatic N) is 3. The van der Waals surface area contributed by atoms with Gasteiger partial charge in [0.2, 0.25) is 0 Å². The first kappa shape index (κ1) is 14.1. The van der Waals surface area contributed by atoms with Crippen LogP contribution in [0.2, 0.25) is 5.02 Å². The van der Waals surface area contributed by atoms with Crippen LogP contribution in [-0.4, -0.2) is 36.0 Å². The van der Waals surface area contributed by atoms with Crippen molar-refractivity contribution >= 4 is 17.3 Å². The molecule has 2 fully saturated rings. The molecular weight excluding hydrogens is 296 g/mol. The van der Waals surface area contributed by atoms with Crippen LogP contribution in [0.25, 0.3) is 5.69 Å². The zero-order chi connectivity index (χ0) is 14.9. The van der Waals surface area contributed by atoms with Crippen molar-refractivity contribution in [1.29, 1.82) is 0 Å². The molecule has 22 heavy (non-hydrogen) atoms. The number of halogens is 1. The third-order valence-electron chi connectivity index (χ3n) is 4.79. The number of aromatic nitrogens is 2. The quantitative estimate of drug-likeness (QED) is 0.944. The zero-order valence-corrected chi connectivity index (χ0v) is 13.4. The molecule has 1 aromatic heterocycles. The number of piperazine rings is 1. The van der Waals surface area contributed by atoms with Crippen LogP contribution in [0.4, 0.5) is 5.69 Å². The molecule has 4 nitrogen and oxygen atoms in total. The molecule has 0 radical (unpaired) electrons. The maximum atomic E-state index is 6.17. The molecule has 2 aliphatic rings. The van der Waals surface area contributed by atoms with Gasteiger partial charge in [-0.2, -0.15) is 5.10 Å². The van der Waals surface area contributed by atoms with Crippen LogP contribution < -0.4 is 10.2 Å². The molecule has 0 amide bonds. The summed E-state index contributed by atoms with van der Waals surface area (Å²) in [5.41, 5.74) is 3.75. The Hall–Kier alpha value is -1.52. The maximum absolute atomic E-state index is 6.17. The monoisotopic (exact) mass is 316 g/mol. The predicted octanol–water partition coefficient (Wildman–Crippen LogP) is 3.20. The summed E-state index contributed by atoms with van der Waals surface area (Å²) in [6, 6.07) is 7.99. The van der Waals surface area contributed by atoms with Crippen molar-refractivity contribution in [3.05, 3.63) is 41.2 Å². The van der Waals surface area contributed by atoms with Crippen molar-refractivity contribution < 1.29 is 0 Å². The van der Waals surface area contributed by atoms with Crippen LogP contribution in [-0.2, 0) is 0 Å². The zero-order valence-electron chi connectivity index (χ0n) is 12.6. The van der Waals surface area contributed by atoms with E-state index in [4.69, 9.17) is 16.7 Å². The lowest BCUT2D eigenvalue weighted by Gasteiger charge is -2.33. The summed E-state index contributed by atoms with van der Waals surface area (Å²) < 4.78 is 2.10. The van der Waals surface area contributed by atoms with Gasteiger partial charge in [-0.25, -0.2) is 4.68 Å². The molecule has 1 aromatic carbocycles. The molecule has 4 rings (SSSR count). The summed E-state index contributed by atoms with van der Waals surface area (Å²) in [6.45, 7) is 4.21. The minimum absolute atomic E-state index is 0.631. The Labute approximate surface area is 136 Å². The van der Waals surface area contributed by atoms with Crippen molar-refractivity contribution in [2.24, 2.45) is 0 Å². The highest BCUT2D eigenvalue weighted by molar-refractivity contribution is 6.30. The van der Waals surface area contributed by atoms with Crippen LogP contribution in [0.3, 0.4) is 0 Å². The number of rotatable bonds is 3. The van der Waals surface area contributed by atoms with Crippen LogP contribution >= 0.6 is 11.6 Å². The molecule has 0 atom stereocenters. The van der Waals surface area contributed by atoms with Crippen molar-refractivity contribution in [2.45, 2.75) is 25.2 Å². The van der Waals surface area contributed by atoms with Crippen LogP contribution in [0.5, 0.6) is 0 Å². The number of anilines is 1. The van der Waals surface area contributed by atoms with Gasteiger partial charge in [-0.05, 0) is 31.0 Å². The number of hydrogen-bond acceptors (Lipinski definition) is 3. The van der Waals surface area contributed by atoms with Gasteiger partial charge in [0.15, 0.2) is 0 Å². The van der Waals surface area contributed by atoms with E-state index >= 15 is 0 Å². The van der Waals surface area contributed by atoms with E-state index in [9.17, 15) is 0 Å². The Morgan fingerprint density at radius 3 is 2.68 bits per heavy atom. The average Bonchev–Trinajstić information content (AvgIpc) is 2.91. The minimum Gasteiger partial charge on any atom is -0.366 e. The highest BCUT2D eigenvalue weighted by Crippen LogP contribution is 2.42. The largest absolute Gasteiger partial charge is 0.366 e. The molecule has 116 valence electrons. The van der Waals surface area contributed by atoms with E-state index in [-0.39, 0.29) is 0 Å². The second-order valence-corrected chi connectivity index (χ2v) is 6.61. The lowest BCUT2D eigenvalue weighted by Crippen LogP contribution is -2.44. The van der Waals surface area contributed by atoms with E-state index < -0.39 is 0 Å². The van der Waals surface area contributed by atoms with Gasteiger partial charge in [0.05, 0.1) is 23.3 Å². The molecule has 0 unspecified atom stereocenters. The Morgan fingerprint density at radius 2 is 2.00 bits per heavy atom. The summed E-state index contributed by atoms with van der Waals surface area (Å²) in [5, 5.41) is 8.88. The van der Waals surface area contributed by atoms with Gasteiger partial charge in [-0.3, -0.25) is 0 Å². The van der Waals surface area contributed by atoms with Gasteiger partial charge < -0.3 is 10.2 Å². The normalized spacial score (nSPS) is 19.2. The smallest absolute Gasteiger partial charge is 0.0793 e. The van der Waals surface area contributed by atoms with E-state index in [0.29, 0.717) is 5.92 Å². The third-order valence-corrected chi connectivity index (χ3v) is 5.02. The van der Waals surface area contributed by atoms with Gasteiger partial charge >= 0.3 is 0 Å². The maximum Gasteiger partial charge on any atom is 0.0793 e. The average molecular weight is 317 g/mol. The highest BCUT2D eigenvalue weighted by atomic mass is 35.5. The van der Waals surface area contributed by atoms with Gasteiger partial charge in [-0.15, -0.1) is 0 Å². The standard InChI is InChI=1S/C17H21ClN4/c18-14-5-2-6-15(11-14)22-17(13-3-1-4-13)16(12-20-22)21-9-7-19-8-10-21/h2,5-6,11-13,19H,1,3-4,7-10H2. The number of nitrogens with one attached hydrogen (secondary N) is 1. The fourth-order valence-corrected chi connectivity index (χ4v) is 3.56. The SMILES string of the molecule is Clc1cccc(-n2ncc(N3CCNCC3)c2C2CCC2)c1. The fourth-order valence-electron chi connectivity index (χ4n) is 3.38. The van der Waals surface area contributed by atoms with E-state index in [2.05, 4.69) is 21.0 Å². The molecule has 1 saturated carbocycles. The van der Waals surface area contributed by atoms with Gasteiger partial charge in [0.25, 0.3) is 0 Å². The molecule has 1 aliphatic carbocycles. The van der Waals surface area contributed by atoms with E-state index in [0.717, 1.165) is 36.9 Å². The molecule has 1 aliphatic heterocycles. The predicted molar refractivity (Wildman–Crippen MR) is 90.2 cm³/mol. The van der Waals surface area contributed by atoms with E-state index in [1.165, 1.54) is 30.6 Å². The summed E-state index contributed by atoms with van der Waals surface area (Å²) >= 11 is 6.17. The highest BCUT2D eigenvalue weighted by Gasteiger charge is 2.29. The summed E-state index contributed by atoms with van der Waals surface area (Å²) in [4.78, 5) is 2.47. The van der Waals surface area contributed by atoms with Crippen molar-refractivity contribution in [3.8, 4) is 5.69 Å². The fraction of sp³-hybridized carbons (Fsp3) is 0.471. The first-order valence-corrected chi connectivity index (χ1v) is 8.50. The van der Waals surface area contributed by atoms with Crippen LogP contribution in [0.15, 0.2) is 30.5 Å². The topological polar surface area (TPSA) is 33.1 Å². The molecule has 0 bridgehead atoms. The van der Waals surface area contributed by atoms with Crippen molar-refractivity contribution in [1.82, 2.24) is 15.1 Å². The van der Waals surface area contributed by atoms with Crippen molar-refractivity contribution in [3.63, 3.8) is 0 Å². The number of hydrogen-bond donors (Lipinski definition) is 1. The molecule has 2 heterocycles. The second kappa shape index (κ2) is 5.94. The third kappa shape index (κ3) is 2.50. The molecule has 2 aromatic rings. The van der Waals surface area contributed by atoms with Gasteiger partial charge in [0.1, 0.15) is 0 Å². The van der Waals surface area contributed by atoms with Crippen molar-refractivity contribution in [2.75, 3.05) is 31.1 Å². The molecule has 0 spiro atoms. The molecular formula is C17H21ClN4. The summed E-state index contributed by atoms with van der Waals surface area (Å²) in [7, 11) is 0. The summed E-state index contributed by atoms with van der Waals surface area (Å²) in [6.07, 6.45) is 5.91. The van der Waals surface area contributed by atoms with Crippen LogP contribution in [0.1, 0.15) is 30.9 Å². The molecule has 1 saturated heterocycles. The Bertz CT molecular complexity index is 656. The van der Waals surface area contributed by atoms with Gasteiger partial charge in [-0.1, -0.05) is 24.1 Å². The Morgan fingerprint density at radius 1 is 1.18 bits per heavy atom. The number of benzene rings is 1. The van der Waals surface area contributed by atoms with E-state index in [1.807, 2.05) is 24.4 Å². The Kier molecular flexibility index (Phi) is 3.80. The van der Waals surface area contributed by atoms with Gasteiger partial charge in [0, 0.05) is 37.1 Å². The lowest BCUT2D eigenvalue weighted by molar-refractivity contribution is 0.402.